The number of methoxy groups -OCH3 is 1. The Labute approximate surface area is 113 Å². The van der Waals surface area contributed by atoms with Crippen LogP contribution in [0.2, 0.25) is 0 Å². The summed E-state index contributed by atoms with van der Waals surface area (Å²) in [4.78, 5) is 4.08. The fourth-order valence-electron chi connectivity index (χ4n) is 2.03. The van der Waals surface area contributed by atoms with Gasteiger partial charge in [0.2, 0.25) is 0 Å². The monoisotopic (exact) mass is 257 g/mol. The fourth-order valence-corrected chi connectivity index (χ4v) is 2.03. The van der Waals surface area contributed by atoms with Crippen LogP contribution in [0.5, 0.6) is 5.75 Å². The lowest BCUT2D eigenvalue weighted by molar-refractivity contribution is 0.414. The number of hydrogen-bond donors (Lipinski definition) is 2. The van der Waals surface area contributed by atoms with Crippen molar-refractivity contribution in [2.45, 2.75) is 18.9 Å². The molecule has 0 bridgehead atoms. The Bertz CT molecular complexity index is 525. The van der Waals surface area contributed by atoms with E-state index < -0.39 is 0 Å². The standard InChI is InChI=1S/C15H19N3O/c1-19-14-4-2-11(3-5-14)8-13(16)9-12-10-18-7-6-15(12)17/h2-7,10,13H,8-9,16H2,1H3,(H2,17,18). The van der Waals surface area contributed by atoms with Gasteiger partial charge >= 0.3 is 0 Å². The van der Waals surface area contributed by atoms with Gasteiger partial charge in [-0.25, -0.2) is 0 Å². The maximum absolute atomic E-state index is 6.16. The van der Waals surface area contributed by atoms with E-state index in [2.05, 4.69) is 4.98 Å². The van der Waals surface area contributed by atoms with Crippen molar-refractivity contribution >= 4 is 5.69 Å². The Kier molecular flexibility index (Phi) is 4.36. The normalized spacial score (nSPS) is 12.1. The molecular weight excluding hydrogens is 238 g/mol. The number of rotatable bonds is 5. The van der Waals surface area contributed by atoms with Crippen molar-refractivity contribution in [3.05, 3.63) is 53.9 Å². The first-order valence-corrected chi connectivity index (χ1v) is 6.26. The van der Waals surface area contributed by atoms with Gasteiger partial charge < -0.3 is 16.2 Å². The van der Waals surface area contributed by atoms with Crippen LogP contribution in [0.25, 0.3) is 0 Å². The second kappa shape index (κ2) is 6.20. The zero-order valence-electron chi connectivity index (χ0n) is 11.0. The molecule has 2 rings (SSSR count). The van der Waals surface area contributed by atoms with Gasteiger partial charge in [-0.05, 0) is 42.2 Å². The van der Waals surface area contributed by atoms with Crippen molar-refractivity contribution in [3.63, 3.8) is 0 Å². The highest BCUT2D eigenvalue weighted by atomic mass is 16.5. The molecule has 100 valence electrons. The Morgan fingerprint density at radius 2 is 1.89 bits per heavy atom. The van der Waals surface area contributed by atoms with Crippen molar-refractivity contribution in [1.82, 2.24) is 4.98 Å². The molecule has 0 aliphatic carbocycles. The molecule has 2 aromatic rings. The van der Waals surface area contributed by atoms with E-state index in [0.29, 0.717) is 0 Å². The summed E-state index contributed by atoms with van der Waals surface area (Å²) in [5.74, 6) is 0.855. The maximum Gasteiger partial charge on any atom is 0.118 e. The van der Waals surface area contributed by atoms with Gasteiger partial charge in [-0.3, -0.25) is 4.98 Å². The molecule has 4 heteroatoms. The Balaban J connectivity index is 1.97. The highest BCUT2D eigenvalue weighted by Crippen LogP contribution is 2.15. The Hall–Kier alpha value is -2.07. The van der Waals surface area contributed by atoms with Crippen molar-refractivity contribution in [2.24, 2.45) is 5.73 Å². The van der Waals surface area contributed by atoms with E-state index in [1.165, 1.54) is 5.56 Å². The van der Waals surface area contributed by atoms with E-state index in [0.717, 1.165) is 29.8 Å². The van der Waals surface area contributed by atoms with Crippen LogP contribution in [-0.4, -0.2) is 18.1 Å². The molecule has 0 aliphatic heterocycles. The molecule has 0 aliphatic rings. The van der Waals surface area contributed by atoms with Gasteiger partial charge in [0.15, 0.2) is 0 Å². The third-order valence-corrected chi connectivity index (χ3v) is 3.08. The van der Waals surface area contributed by atoms with E-state index in [4.69, 9.17) is 16.2 Å². The molecule has 1 atom stereocenters. The molecule has 0 saturated heterocycles. The molecule has 1 aromatic carbocycles. The summed E-state index contributed by atoms with van der Waals surface area (Å²) < 4.78 is 5.13. The van der Waals surface area contributed by atoms with Crippen LogP contribution in [0.4, 0.5) is 5.69 Å². The minimum absolute atomic E-state index is 0.0277. The van der Waals surface area contributed by atoms with Gasteiger partial charge in [0.1, 0.15) is 5.75 Å². The average molecular weight is 257 g/mol. The predicted octanol–water partition coefficient (Wildman–Crippen LogP) is 1.78. The summed E-state index contributed by atoms with van der Waals surface area (Å²) in [6.07, 6.45) is 5.00. The first kappa shape index (κ1) is 13.4. The second-order valence-corrected chi connectivity index (χ2v) is 4.59. The smallest absolute Gasteiger partial charge is 0.118 e. The van der Waals surface area contributed by atoms with Crippen LogP contribution in [0.15, 0.2) is 42.7 Å². The maximum atomic E-state index is 6.16. The third-order valence-electron chi connectivity index (χ3n) is 3.08. The summed E-state index contributed by atoms with van der Waals surface area (Å²) in [7, 11) is 1.66. The largest absolute Gasteiger partial charge is 0.497 e. The van der Waals surface area contributed by atoms with Gasteiger partial charge in [0.05, 0.1) is 7.11 Å². The fraction of sp³-hybridized carbons (Fsp3) is 0.267. The van der Waals surface area contributed by atoms with Crippen LogP contribution in [0.3, 0.4) is 0 Å². The molecular formula is C15H19N3O. The van der Waals surface area contributed by atoms with Gasteiger partial charge in [0.25, 0.3) is 0 Å². The minimum Gasteiger partial charge on any atom is -0.497 e. The highest BCUT2D eigenvalue weighted by molar-refractivity contribution is 5.44. The lowest BCUT2D eigenvalue weighted by Gasteiger charge is -2.13. The van der Waals surface area contributed by atoms with Gasteiger partial charge in [-0.1, -0.05) is 12.1 Å². The topological polar surface area (TPSA) is 74.2 Å². The quantitative estimate of drug-likeness (QED) is 0.856. The summed E-state index contributed by atoms with van der Waals surface area (Å²) >= 11 is 0. The van der Waals surface area contributed by atoms with E-state index in [1.54, 1.807) is 25.6 Å². The molecule has 4 N–H and O–H groups in total. The number of nitrogens with two attached hydrogens (primary N) is 2. The lowest BCUT2D eigenvalue weighted by atomic mass is 10.00. The predicted molar refractivity (Wildman–Crippen MR) is 77.0 cm³/mol. The summed E-state index contributed by atoms with van der Waals surface area (Å²) in [6.45, 7) is 0. The first-order valence-electron chi connectivity index (χ1n) is 6.26. The molecule has 0 saturated carbocycles. The van der Waals surface area contributed by atoms with Crippen molar-refractivity contribution in [1.29, 1.82) is 0 Å². The molecule has 19 heavy (non-hydrogen) atoms. The van der Waals surface area contributed by atoms with Crippen LogP contribution in [0.1, 0.15) is 11.1 Å². The molecule has 1 unspecified atom stereocenters. The van der Waals surface area contributed by atoms with Crippen LogP contribution >= 0.6 is 0 Å². The Morgan fingerprint density at radius 3 is 2.53 bits per heavy atom. The number of nitrogen functional groups attached to an aromatic ring is 1. The van der Waals surface area contributed by atoms with Crippen LogP contribution < -0.4 is 16.2 Å². The number of anilines is 1. The zero-order valence-corrected chi connectivity index (χ0v) is 11.0. The van der Waals surface area contributed by atoms with E-state index in [1.807, 2.05) is 24.3 Å². The molecule has 0 fully saturated rings. The summed E-state index contributed by atoms with van der Waals surface area (Å²) in [6, 6.07) is 9.78. The van der Waals surface area contributed by atoms with Crippen LogP contribution in [0, 0.1) is 0 Å². The van der Waals surface area contributed by atoms with E-state index in [-0.39, 0.29) is 6.04 Å². The molecule has 4 nitrogen and oxygen atoms in total. The highest BCUT2D eigenvalue weighted by Gasteiger charge is 2.08. The molecule has 0 amide bonds. The number of hydrogen-bond acceptors (Lipinski definition) is 4. The van der Waals surface area contributed by atoms with Crippen molar-refractivity contribution in [3.8, 4) is 5.75 Å². The zero-order chi connectivity index (χ0) is 13.7. The van der Waals surface area contributed by atoms with E-state index in [9.17, 15) is 0 Å². The van der Waals surface area contributed by atoms with Gasteiger partial charge in [-0.15, -0.1) is 0 Å². The Morgan fingerprint density at radius 1 is 1.16 bits per heavy atom. The van der Waals surface area contributed by atoms with Gasteiger partial charge in [0, 0.05) is 24.1 Å². The number of ether oxygens (including phenoxy) is 1. The average Bonchev–Trinajstić information content (AvgIpc) is 2.42. The molecule has 0 radical (unpaired) electrons. The van der Waals surface area contributed by atoms with E-state index >= 15 is 0 Å². The number of aromatic nitrogens is 1. The molecule has 1 aromatic heterocycles. The molecule has 1 heterocycles. The van der Waals surface area contributed by atoms with Crippen molar-refractivity contribution in [2.75, 3.05) is 12.8 Å². The minimum atomic E-state index is 0.0277. The van der Waals surface area contributed by atoms with Crippen molar-refractivity contribution < 1.29 is 4.74 Å². The number of nitrogens with zero attached hydrogens (tertiary/aromatic N) is 1. The number of pyridine rings is 1. The molecule has 0 spiro atoms. The lowest BCUT2D eigenvalue weighted by Crippen LogP contribution is -2.26. The number of benzene rings is 1. The SMILES string of the molecule is COc1ccc(CC(N)Cc2cnccc2N)cc1. The van der Waals surface area contributed by atoms with Crippen LogP contribution in [-0.2, 0) is 12.8 Å². The summed E-state index contributed by atoms with van der Waals surface area (Å²) in [5.41, 5.74) is 15.0. The second-order valence-electron chi connectivity index (χ2n) is 4.59. The van der Waals surface area contributed by atoms with Gasteiger partial charge in [-0.2, -0.15) is 0 Å². The third kappa shape index (κ3) is 3.69. The first-order chi connectivity index (χ1) is 9.19. The summed E-state index contributed by atoms with van der Waals surface area (Å²) in [5, 5.41) is 0.